The third-order valence-corrected chi connectivity index (χ3v) is 6.73. The first kappa shape index (κ1) is 25.9. The van der Waals surface area contributed by atoms with Crippen molar-refractivity contribution >= 4 is 35.1 Å². The van der Waals surface area contributed by atoms with Crippen LogP contribution in [0.5, 0.6) is 5.75 Å². The Labute approximate surface area is 215 Å². The minimum absolute atomic E-state index is 0.000543. The molecule has 1 saturated carbocycles. The van der Waals surface area contributed by atoms with Gasteiger partial charge >= 0.3 is 0 Å². The lowest BCUT2D eigenvalue weighted by Gasteiger charge is -2.38. The highest BCUT2D eigenvalue weighted by Crippen LogP contribution is 2.27. The number of pyridine rings is 1. The Bertz CT molecular complexity index is 1090. The normalized spacial score (nSPS) is 20.1. The Balaban J connectivity index is 1.41. The Morgan fingerprint density at radius 1 is 1.19 bits per heavy atom. The molecule has 2 heterocycles. The van der Waals surface area contributed by atoms with Gasteiger partial charge in [-0.2, -0.15) is 0 Å². The molecular weight excluding hydrogens is 484 g/mol. The third-order valence-electron chi connectivity index (χ3n) is 6.50. The number of amides is 3. The van der Waals surface area contributed by atoms with Crippen molar-refractivity contribution in [2.75, 3.05) is 31.7 Å². The molecule has 0 unspecified atom stereocenters. The lowest BCUT2D eigenvalue weighted by molar-refractivity contribution is -0.146. The zero-order valence-electron chi connectivity index (χ0n) is 20.3. The van der Waals surface area contributed by atoms with Gasteiger partial charge in [-0.1, -0.05) is 17.7 Å². The van der Waals surface area contributed by atoms with E-state index < -0.39 is 0 Å². The Morgan fingerprint density at radius 2 is 2.00 bits per heavy atom. The van der Waals surface area contributed by atoms with E-state index in [1.54, 1.807) is 30.3 Å². The molecule has 0 radical (unpaired) electrons. The minimum atomic E-state index is -0.318. The monoisotopic (exact) mass is 514 g/mol. The summed E-state index contributed by atoms with van der Waals surface area (Å²) >= 11 is 5.86. The van der Waals surface area contributed by atoms with E-state index in [0.717, 1.165) is 25.7 Å². The number of morpholine rings is 1. The molecule has 10 heteroatoms. The van der Waals surface area contributed by atoms with Crippen molar-refractivity contribution in [2.45, 2.75) is 51.1 Å². The molecule has 4 rings (SSSR count). The molecule has 192 valence electrons. The van der Waals surface area contributed by atoms with E-state index in [0.29, 0.717) is 47.5 Å². The maximum atomic E-state index is 13.3. The summed E-state index contributed by atoms with van der Waals surface area (Å²) < 4.78 is 11.0. The van der Waals surface area contributed by atoms with Crippen LogP contribution in [0.2, 0.25) is 5.02 Å². The van der Waals surface area contributed by atoms with Crippen molar-refractivity contribution < 1.29 is 23.9 Å². The molecular formula is C26H31ClN4O5. The summed E-state index contributed by atoms with van der Waals surface area (Å²) in [7, 11) is 0. The number of hydrogen-bond acceptors (Lipinski definition) is 6. The molecule has 1 saturated heterocycles. The molecule has 1 aromatic carbocycles. The molecule has 3 amide bonds. The van der Waals surface area contributed by atoms with Gasteiger partial charge < -0.3 is 25.0 Å². The molecule has 9 nitrogen and oxygen atoms in total. The average Bonchev–Trinajstić information content (AvgIpc) is 2.87. The van der Waals surface area contributed by atoms with Crippen LogP contribution in [0.4, 0.5) is 5.82 Å². The number of nitrogens with zero attached hydrogens (tertiary/aromatic N) is 2. The molecule has 0 bridgehead atoms. The first-order valence-corrected chi connectivity index (χ1v) is 12.7. The van der Waals surface area contributed by atoms with Crippen molar-refractivity contribution in [1.82, 2.24) is 15.2 Å². The molecule has 0 atom stereocenters. The summed E-state index contributed by atoms with van der Waals surface area (Å²) in [5.74, 6) is 0.355. The Kier molecular flexibility index (Phi) is 8.77. The van der Waals surface area contributed by atoms with E-state index in [9.17, 15) is 14.4 Å². The fraction of sp³-hybridized carbons (Fsp3) is 0.462. The molecule has 2 aliphatic rings. The summed E-state index contributed by atoms with van der Waals surface area (Å²) in [6.45, 7) is 3.61. The van der Waals surface area contributed by atoms with Crippen LogP contribution in [-0.2, 0) is 20.7 Å². The number of aromatic nitrogens is 1. The van der Waals surface area contributed by atoms with Gasteiger partial charge in [0.1, 0.15) is 18.2 Å². The zero-order valence-corrected chi connectivity index (χ0v) is 21.1. The molecule has 1 aromatic heterocycles. The maximum Gasteiger partial charge on any atom is 0.251 e. The number of benzene rings is 1. The highest BCUT2D eigenvalue weighted by molar-refractivity contribution is 6.30. The van der Waals surface area contributed by atoms with Crippen molar-refractivity contribution in [3.8, 4) is 5.75 Å². The second-order valence-electron chi connectivity index (χ2n) is 8.92. The molecule has 0 spiro atoms. The number of nitrogens with one attached hydrogen (secondary N) is 2. The highest BCUT2D eigenvalue weighted by Gasteiger charge is 2.31. The minimum Gasteiger partial charge on any atom is -0.494 e. The molecule has 1 aliphatic heterocycles. The molecule has 36 heavy (non-hydrogen) atoms. The number of hydrogen-bond donors (Lipinski definition) is 2. The van der Waals surface area contributed by atoms with Crippen LogP contribution in [0.1, 0.15) is 48.5 Å². The van der Waals surface area contributed by atoms with Crippen LogP contribution in [-0.4, -0.2) is 66.1 Å². The fourth-order valence-electron chi connectivity index (χ4n) is 4.76. The zero-order chi connectivity index (χ0) is 25.5. The predicted octanol–water partition coefficient (Wildman–Crippen LogP) is 3.21. The Hall–Kier alpha value is -3.17. The maximum absolute atomic E-state index is 13.3. The smallest absolute Gasteiger partial charge is 0.251 e. The lowest BCUT2D eigenvalue weighted by atomic mass is 9.89. The number of carbonyl (C=O) groups excluding carboxylic acids is 3. The highest BCUT2D eigenvalue weighted by atomic mass is 35.5. The van der Waals surface area contributed by atoms with E-state index in [4.69, 9.17) is 21.1 Å². The second kappa shape index (κ2) is 12.2. The van der Waals surface area contributed by atoms with Crippen molar-refractivity contribution in [3.05, 3.63) is 52.7 Å². The average molecular weight is 515 g/mol. The standard InChI is InChI=1S/C26H31ClN4O5/c1-2-36-22-5-3-4-20(21(22)14-24(32)30-23-11-6-17(27)15-28-23)26(34)29-18-7-9-19(10-8-18)31-12-13-35-16-25(31)33/h3-6,11,15,18-19H,2,7-10,12-14,16H2,1H3,(H,29,34)(H,28,30,32). The summed E-state index contributed by atoms with van der Waals surface area (Å²) in [5, 5.41) is 6.34. The van der Waals surface area contributed by atoms with E-state index in [-0.39, 0.29) is 42.8 Å². The van der Waals surface area contributed by atoms with Crippen LogP contribution in [0, 0.1) is 0 Å². The van der Waals surface area contributed by atoms with Crippen molar-refractivity contribution in [1.29, 1.82) is 0 Å². The van der Waals surface area contributed by atoms with Crippen LogP contribution < -0.4 is 15.4 Å². The number of anilines is 1. The Morgan fingerprint density at radius 3 is 2.69 bits per heavy atom. The topological polar surface area (TPSA) is 110 Å². The fourth-order valence-corrected chi connectivity index (χ4v) is 4.87. The van der Waals surface area contributed by atoms with Crippen LogP contribution in [0.15, 0.2) is 36.5 Å². The van der Waals surface area contributed by atoms with Gasteiger partial charge in [-0.25, -0.2) is 4.98 Å². The molecule has 1 aliphatic carbocycles. The SMILES string of the molecule is CCOc1cccc(C(=O)NC2CCC(N3CCOCC3=O)CC2)c1CC(=O)Nc1ccc(Cl)cn1. The van der Waals surface area contributed by atoms with Gasteiger partial charge in [-0.3, -0.25) is 14.4 Å². The van der Waals surface area contributed by atoms with Gasteiger partial charge in [0.25, 0.3) is 5.91 Å². The summed E-state index contributed by atoms with van der Waals surface area (Å²) in [4.78, 5) is 44.2. The van der Waals surface area contributed by atoms with Crippen molar-refractivity contribution in [2.24, 2.45) is 0 Å². The van der Waals surface area contributed by atoms with Crippen LogP contribution in [0.25, 0.3) is 0 Å². The lowest BCUT2D eigenvalue weighted by Crippen LogP contribution is -2.50. The van der Waals surface area contributed by atoms with E-state index in [1.807, 2.05) is 11.8 Å². The number of ether oxygens (including phenoxy) is 2. The summed E-state index contributed by atoms with van der Waals surface area (Å²) in [5.41, 5.74) is 0.932. The summed E-state index contributed by atoms with van der Waals surface area (Å²) in [6.07, 6.45) is 4.63. The third kappa shape index (κ3) is 6.53. The van der Waals surface area contributed by atoms with E-state index >= 15 is 0 Å². The number of halogens is 1. The predicted molar refractivity (Wildman–Crippen MR) is 135 cm³/mol. The van der Waals surface area contributed by atoms with Crippen LogP contribution >= 0.6 is 11.6 Å². The first-order chi connectivity index (χ1) is 17.4. The van der Waals surface area contributed by atoms with Gasteiger partial charge in [0.2, 0.25) is 11.8 Å². The van der Waals surface area contributed by atoms with Gasteiger partial charge in [-0.05, 0) is 56.9 Å². The molecule has 2 fully saturated rings. The van der Waals surface area contributed by atoms with Gasteiger partial charge in [0.15, 0.2) is 0 Å². The molecule has 2 N–H and O–H groups in total. The number of rotatable bonds is 8. The van der Waals surface area contributed by atoms with E-state index in [1.165, 1.54) is 6.20 Å². The van der Waals surface area contributed by atoms with Gasteiger partial charge in [-0.15, -0.1) is 0 Å². The largest absolute Gasteiger partial charge is 0.494 e. The quantitative estimate of drug-likeness (QED) is 0.559. The first-order valence-electron chi connectivity index (χ1n) is 12.3. The molecule has 2 aromatic rings. The van der Waals surface area contributed by atoms with Gasteiger partial charge in [0, 0.05) is 36.0 Å². The van der Waals surface area contributed by atoms with Crippen molar-refractivity contribution in [3.63, 3.8) is 0 Å². The van der Waals surface area contributed by atoms with Gasteiger partial charge in [0.05, 0.1) is 24.7 Å². The van der Waals surface area contributed by atoms with E-state index in [2.05, 4.69) is 15.6 Å². The second-order valence-corrected chi connectivity index (χ2v) is 9.36. The summed E-state index contributed by atoms with van der Waals surface area (Å²) in [6, 6.07) is 8.66. The van der Waals surface area contributed by atoms with Crippen LogP contribution in [0.3, 0.4) is 0 Å². The number of carbonyl (C=O) groups is 3.